The monoisotopic (exact) mass is 718 g/mol. The van der Waals surface area contributed by atoms with Crippen molar-refractivity contribution in [3.05, 3.63) is 156 Å². The fraction of sp³-hybridized carbons (Fsp3) is 0.118. The van der Waals surface area contributed by atoms with Crippen molar-refractivity contribution in [1.82, 2.24) is 0 Å². The van der Waals surface area contributed by atoms with Gasteiger partial charge in [0.1, 0.15) is 0 Å². The fourth-order valence-electron chi connectivity index (χ4n) is 4.37. The number of halogens is 2. The summed E-state index contributed by atoms with van der Waals surface area (Å²) >= 11 is 1.45. The molecule has 0 nitrogen and oxygen atoms in total. The molecule has 0 aliphatic carbocycles. The van der Waals surface area contributed by atoms with Crippen molar-refractivity contribution in [3.63, 3.8) is 0 Å². The third-order valence-corrected chi connectivity index (χ3v) is 6.02. The van der Waals surface area contributed by atoms with Crippen molar-refractivity contribution in [3.8, 4) is 0 Å². The number of hydrogen-bond donors (Lipinski definition) is 0. The molecule has 4 heteroatoms. The van der Waals surface area contributed by atoms with Crippen LogP contribution in [0, 0.1) is 0 Å². The molecule has 0 unspecified atom stereocenters. The molecule has 0 radical (unpaired) electrons. The van der Waals surface area contributed by atoms with Gasteiger partial charge in [0.2, 0.25) is 0 Å². The number of benzene rings is 4. The smallest absolute Gasteiger partial charge is 0.0442 e. The van der Waals surface area contributed by atoms with Gasteiger partial charge in [-0.3, -0.25) is 0 Å². The molecule has 0 amide bonds. The Bertz CT molecular complexity index is 1400. The molecule has 0 fully saturated rings. The molecule has 0 aliphatic rings. The summed E-state index contributed by atoms with van der Waals surface area (Å²) < 4.78 is 0. The van der Waals surface area contributed by atoms with Crippen LogP contribution in [0.3, 0.4) is 0 Å². The van der Waals surface area contributed by atoms with Crippen LogP contribution in [0.4, 0.5) is 0 Å². The molecular formula is C34H32Cl2HfSi-2. The van der Waals surface area contributed by atoms with Gasteiger partial charge in [0.25, 0.3) is 0 Å². The van der Waals surface area contributed by atoms with E-state index >= 15 is 0 Å². The van der Waals surface area contributed by atoms with Crippen LogP contribution < -0.4 is 24.8 Å². The van der Waals surface area contributed by atoms with Gasteiger partial charge < -0.3 is 24.8 Å². The molecule has 6 aromatic carbocycles. The maximum Gasteiger partial charge on any atom is -0.0442 e. The molecule has 0 aromatic heterocycles. The molecule has 0 bridgehead atoms. The van der Waals surface area contributed by atoms with Crippen LogP contribution in [0.2, 0.25) is 13.1 Å². The summed E-state index contributed by atoms with van der Waals surface area (Å²) in [5.41, 5.74) is 5.84. The van der Waals surface area contributed by atoms with Crippen LogP contribution in [0.1, 0.15) is 22.3 Å². The quantitative estimate of drug-likeness (QED) is 0.195. The maximum absolute atomic E-state index is 2.33. The Balaban J connectivity index is 0.000000224. The van der Waals surface area contributed by atoms with Crippen LogP contribution >= 0.6 is 0 Å². The Kier molecular flexibility index (Phi) is 14.0. The van der Waals surface area contributed by atoms with E-state index in [9.17, 15) is 0 Å². The van der Waals surface area contributed by atoms with Gasteiger partial charge in [-0.15, -0.1) is 93.3 Å². The Morgan fingerprint density at radius 1 is 0.526 bits per heavy atom. The summed E-state index contributed by atoms with van der Waals surface area (Å²) in [4.78, 5) is 0. The van der Waals surface area contributed by atoms with Crippen molar-refractivity contribution in [2.45, 2.75) is 25.9 Å². The summed E-state index contributed by atoms with van der Waals surface area (Å²) in [5.74, 6) is 0. The minimum atomic E-state index is 0. The first-order valence-corrected chi connectivity index (χ1v) is 20.4. The normalized spacial score (nSPS) is 9.79. The first-order valence-electron chi connectivity index (χ1n) is 12.5. The molecule has 0 saturated heterocycles. The zero-order valence-electron chi connectivity index (χ0n) is 21.9. The molecule has 0 atom stereocenters. The Labute approximate surface area is 254 Å². The Morgan fingerprint density at radius 3 is 1.21 bits per heavy atom. The minimum Gasteiger partial charge on any atom is -1.00 e. The van der Waals surface area contributed by atoms with E-state index in [0.29, 0.717) is 0 Å². The predicted molar refractivity (Wildman–Crippen MR) is 155 cm³/mol. The predicted octanol–water partition coefficient (Wildman–Crippen LogP) is 3.09. The molecule has 38 heavy (non-hydrogen) atoms. The van der Waals surface area contributed by atoms with Gasteiger partial charge in [-0.2, -0.15) is 0 Å². The van der Waals surface area contributed by atoms with Gasteiger partial charge in [0.15, 0.2) is 0 Å². The van der Waals surface area contributed by atoms with Crippen molar-refractivity contribution in [2.75, 3.05) is 0 Å². The molecule has 0 spiro atoms. The van der Waals surface area contributed by atoms with Gasteiger partial charge in [0.05, 0.1) is 0 Å². The molecule has 192 valence electrons. The van der Waals surface area contributed by atoms with E-state index in [1.165, 1.54) is 66.8 Å². The number of hydrogen-bond acceptors (Lipinski definition) is 0. The van der Waals surface area contributed by atoms with E-state index in [-0.39, 0.29) is 30.3 Å². The first kappa shape index (κ1) is 32.0. The molecule has 0 aliphatic heterocycles. The van der Waals surface area contributed by atoms with Gasteiger partial charge in [-0.25, -0.2) is 0 Å². The first-order chi connectivity index (χ1) is 17.6. The second kappa shape index (κ2) is 16.7. The van der Waals surface area contributed by atoms with Crippen molar-refractivity contribution in [1.29, 1.82) is 0 Å². The molecule has 0 N–H and O–H groups in total. The average Bonchev–Trinajstić information content (AvgIpc) is 3.50. The van der Waals surface area contributed by atoms with Crippen LogP contribution in [0.25, 0.3) is 21.5 Å². The van der Waals surface area contributed by atoms with Gasteiger partial charge in [-0.1, -0.05) is 83.9 Å². The number of rotatable bonds is 4. The number of fused-ring (bicyclic) bond motifs is 2. The molecule has 0 saturated carbocycles. The Morgan fingerprint density at radius 2 is 0.842 bits per heavy atom. The second-order valence-electron chi connectivity index (χ2n) is 9.22. The summed E-state index contributed by atoms with van der Waals surface area (Å²) in [5, 5.41) is 5.44. The average molecular weight is 718 g/mol. The van der Waals surface area contributed by atoms with Crippen molar-refractivity contribution < 1.29 is 47.8 Å². The van der Waals surface area contributed by atoms with E-state index in [0.717, 1.165) is 12.8 Å². The maximum atomic E-state index is 2.33. The van der Waals surface area contributed by atoms with Gasteiger partial charge in [0, 0.05) is 0 Å². The molecule has 6 rings (SSSR count). The van der Waals surface area contributed by atoms with Crippen LogP contribution in [0.15, 0.2) is 133 Å². The van der Waals surface area contributed by atoms with E-state index in [4.69, 9.17) is 0 Å². The summed E-state index contributed by atoms with van der Waals surface area (Å²) in [6, 6.07) is 47.3. The van der Waals surface area contributed by atoms with Gasteiger partial charge >= 0.3 is 41.6 Å². The van der Waals surface area contributed by atoms with Crippen LogP contribution in [-0.4, -0.2) is 5.49 Å². The summed E-state index contributed by atoms with van der Waals surface area (Å²) in [6.07, 6.45) is 2.04. The van der Waals surface area contributed by atoms with Crippen molar-refractivity contribution >= 4 is 27.0 Å². The standard InChI is InChI=1S/2C16H13.C2H6Si.2ClH.Hf/c2*1-2-6-13(7-3-1)12-15-11-10-14-8-4-5-9-16(14)15;1-3-2;;;/h2*1-11H,12H2;1-2H3;2*1H;/q2*-1;;;;+2/p-2. The third kappa shape index (κ3) is 9.50. The topological polar surface area (TPSA) is 0 Å². The van der Waals surface area contributed by atoms with Crippen LogP contribution in [0.5, 0.6) is 0 Å². The zero-order chi connectivity index (χ0) is 25.2. The minimum absolute atomic E-state index is 0. The fourth-order valence-corrected chi connectivity index (χ4v) is 4.37. The van der Waals surface area contributed by atoms with E-state index in [1.54, 1.807) is 0 Å². The van der Waals surface area contributed by atoms with E-state index in [1.807, 2.05) is 0 Å². The van der Waals surface area contributed by atoms with E-state index in [2.05, 4.69) is 147 Å². The largest absolute Gasteiger partial charge is 1.00 e. The van der Waals surface area contributed by atoms with Crippen LogP contribution in [-0.2, 0) is 35.8 Å². The molecule has 6 aromatic rings. The zero-order valence-corrected chi connectivity index (χ0v) is 28.0. The van der Waals surface area contributed by atoms with E-state index < -0.39 is 0 Å². The van der Waals surface area contributed by atoms with Gasteiger partial charge in [-0.05, 0) is 12.8 Å². The molecular weight excluding hydrogens is 686 g/mol. The summed E-state index contributed by atoms with van der Waals surface area (Å²) in [7, 11) is 0. The van der Waals surface area contributed by atoms with Crippen molar-refractivity contribution in [2.24, 2.45) is 0 Å². The second-order valence-corrected chi connectivity index (χ2v) is 22.0. The third-order valence-electron chi connectivity index (χ3n) is 6.02. The SMILES string of the molecule is C[Si](C)=[Hf+2].[Cl-].[Cl-].c1ccc(Cc2c[cH-]c3ccccc23)cc1.c1ccc(Cc2c[cH-]c3ccccc23)cc1. The summed E-state index contributed by atoms with van der Waals surface area (Å²) in [6.45, 7) is 4.66. The molecule has 0 heterocycles. The Hall–Kier alpha value is -2.23.